The van der Waals surface area contributed by atoms with E-state index in [1.165, 1.54) is 25.9 Å². The number of hydrogen-bond donors (Lipinski definition) is 1. The predicted octanol–water partition coefficient (Wildman–Crippen LogP) is 2.89. The summed E-state index contributed by atoms with van der Waals surface area (Å²) in [5.74, 6) is 0.675. The molecule has 0 saturated carbocycles. The SMILES string of the molecule is O=C(N[C@H]1CN2CCC1CC2)c1ccc(Sc2ncccc2N2CCOCC2)cc1. The van der Waals surface area contributed by atoms with Crippen LogP contribution in [-0.4, -0.2) is 67.8 Å². The average Bonchev–Trinajstić information content (AvgIpc) is 2.81. The second-order valence-electron chi connectivity index (χ2n) is 8.27. The molecular weight excluding hydrogens is 396 g/mol. The number of carbonyl (C=O) groups excluding carboxylic acids is 1. The van der Waals surface area contributed by atoms with Gasteiger partial charge in [0, 0.05) is 42.3 Å². The van der Waals surface area contributed by atoms with Gasteiger partial charge in [-0.25, -0.2) is 4.98 Å². The Morgan fingerprint density at radius 1 is 1.07 bits per heavy atom. The highest BCUT2D eigenvalue weighted by Gasteiger charge is 2.34. The molecule has 1 aromatic carbocycles. The summed E-state index contributed by atoms with van der Waals surface area (Å²) in [4.78, 5) is 23.2. The lowest BCUT2D eigenvalue weighted by Gasteiger charge is -2.44. The molecule has 158 valence electrons. The Bertz CT molecular complexity index is 877. The van der Waals surface area contributed by atoms with Gasteiger partial charge in [-0.05, 0) is 68.2 Å². The zero-order valence-electron chi connectivity index (χ0n) is 17.1. The molecule has 6 nitrogen and oxygen atoms in total. The third kappa shape index (κ3) is 4.33. The van der Waals surface area contributed by atoms with Gasteiger partial charge in [0.25, 0.3) is 5.91 Å². The number of morpholine rings is 1. The molecule has 4 saturated heterocycles. The lowest BCUT2D eigenvalue weighted by atomic mass is 9.84. The third-order valence-corrected chi connectivity index (χ3v) is 7.42. The topological polar surface area (TPSA) is 57.7 Å². The molecule has 4 aliphatic rings. The van der Waals surface area contributed by atoms with E-state index in [2.05, 4.69) is 26.2 Å². The first kappa shape index (κ1) is 19.8. The molecule has 1 atom stereocenters. The molecule has 1 N–H and O–H groups in total. The minimum atomic E-state index is 0.0390. The molecule has 30 heavy (non-hydrogen) atoms. The zero-order chi connectivity index (χ0) is 20.3. The smallest absolute Gasteiger partial charge is 0.251 e. The quantitative estimate of drug-likeness (QED) is 0.797. The number of amides is 1. The van der Waals surface area contributed by atoms with Crippen LogP contribution >= 0.6 is 11.8 Å². The van der Waals surface area contributed by atoms with Crippen LogP contribution in [0.15, 0.2) is 52.5 Å². The summed E-state index contributed by atoms with van der Waals surface area (Å²) in [7, 11) is 0. The van der Waals surface area contributed by atoms with Crippen LogP contribution in [-0.2, 0) is 4.74 Å². The van der Waals surface area contributed by atoms with Crippen LogP contribution in [0.1, 0.15) is 23.2 Å². The van der Waals surface area contributed by atoms with Crippen molar-refractivity contribution in [1.82, 2.24) is 15.2 Å². The molecule has 4 aliphatic heterocycles. The summed E-state index contributed by atoms with van der Waals surface area (Å²) < 4.78 is 5.48. The third-order valence-electron chi connectivity index (χ3n) is 6.41. The summed E-state index contributed by atoms with van der Waals surface area (Å²) in [6.45, 7) is 6.64. The number of nitrogens with one attached hydrogen (secondary N) is 1. The van der Waals surface area contributed by atoms with Crippen molar-refractivity contribution < 1.29 is 9.53 Å². The molecular formula is C23H28N4O2S. The number of carbonyl (C=O) groups is 1. The number of anilines is 1. The highest BCUT2D eigenvalue weighted by atomic mass is 32.2. The fraction of sp³-hybridized carbons (Fsp3) is 0.478. The molecule has 2 bridgehead atoms. The molecule has 5 heterocycles. The molecule has 1 amide bonds. The van der Waals surface area contributed by atoms with Crippen LogP contribution in [0.25, 0.3) is 0 Å². The van der Waals surface area contributed by atoms with Crippen LogP contribution in [0.4, 0.5) is 5.69 Å². The van der Waals surface area contributed by atoms with E-state index in [1.54, 1.807) is 11.8 Å². The normalized spacial score (nSPS) is 25.9. The fourth-order valence-corrected chi connectivity index (χ4v) is 5.58. The fourth-order valence-electron chi connectivity index (χ4n) is 4.67. The number of pyridine rings is 1. The summed E-state index contributed by atoms with van der Waals surface area (Å²) in [6, 6.07) is 12.3. The largest absolute Gasteiger partial charge is 0.378 e. The maximum Gasteiger partial charge on any atom is 0.251 e. The molecule has 0 radical (unpaired) electrons. The molecule has 7 heteroatoms. The number of fused-ring (bicyclic) bond motifs is 3. The van der Waals surface area contributed by atoms with Gasteiger partial charge in [0.15, 0.2) is 0 Å². The van der Waals surface area contributed by atoms with Crippen molar-refractivity contribution in [3.63, 3.8) is 0 Å². The summed E-state index contributed by atoms with van der Waals surface area (Å²) in [5.41, 5.74) is 1.88. The van der Waals surface area contributed by atoms with Crippen molar-refractivity contribution in [2.75, 3.05) is 50.8 Å². The molecule has 6 rings (SSSR count). The van der Waals surface area contributed by atoms with Crippen LogP contribution in [0.3, 0.4) is 0 Å². The summed E-state index contributed by atoms with van der Waals surface area (Å²) in [5, 5.41) is 4.26. The van der Waals surface area contributed by atoms with Gasteiger partial charge in [0.05, 0.1) is 18.9 Å². The highest BCUT2D eigenvalue weighted by Crippen LogP contribution is 2.34. The van der Waals surface area contributed by atoms with Crippen LogP contribution in [0.5, 0.6) is 0 Å². The number of benzene rings is 1. The van der Waals surface area contributed by atoms with Crippen molar-refractivity contribution in [1.29, 1.82) is 0 Å². The Morgan fingerprint density at radius 3 is 2.53 bits per heavy atom. The second kappa shape index (κ2) is 8.96. The lowest BCUT2D eigenvalue weighted by molar-refractivity contribution is 0.0620. The number of rotatable bonds is 5. The summed E-state index contributed by atoms with van der Waals surface area (Å²) >= 11 is 1.64. The van der Waals surface area contributed by atoms with E-state index >= 15 is 0 Å². The van der Waals surface area contributed by atoms with Gasteiger partial charge < -0.3 is 19.9 Å². The maximum absolute atomic E-state index is 12.8. The molecule has 1 aromatic heterocycles. The summed E-state index contributed by atoms with van der Waals surface area (Å²) in [6.07, 6.45) is 4.24. The van der Waals surface area contributed by atoms with Gasteiger partial charge >= 0.3 is 0 Å². The first-order valence-electron chi connectivity index (χ1n) is 10.8. The second-order valence-corrected chi connectivity index (χ2v) is 9.33. The van der Waals surface area contributed by atoms with Crippen molar-refractivity contribution in [3.8, 4) is 0 Å². The van der Waals surface area contributed by atoms with Crippen molar-refractivity contribution >= 4 is 23.4 Å². The Morgan fingerprint density at radius 2 is 1.83 bits per heavy atom. The predicted molar refractivity (Wildman–Crippen MR) is 118 cm³/mol. The van der Waals surface area contributed by atoms with Crippen molar-refractivity contribution in [3.05, 3.63) is 48.2 Å². The number of hydrogen-bond acceptors (Lipinski definition) is 6. The Kier molecular flexibility index (Phi) is 5.93. The Labute approximate surface area is 182 Å². The van der Waals surface area contributed by atoms with Crippen LogP contribution in [0, 0.1) is 5.92 Å². The van der Waals surface area contributed by atoms with Gasteiger partial charge in [0.1, 0.15) is 5.03 Å². The van der Waals surface area contributed by atoms with Crippen molar-refractivity contribution in [2.24, 2.45) is 5.92 Å². The molecule has 0 aliphatic carbocycles. The van der Waals surface area contributed by atoms with E-state index in [9.17, 15) is 4.79 Å². The monoisotopic (exact) mass is 424 g/mol. The lowest BCUT2D eigenvalue weighted by Crippen LogP contribution is -2.57. The standard InChI is InChI=1S/C23H28N4O2S/c28-22(25-20-16-26-10-7-17(20)8-11-26)18-3-5-19(6-4-18)30-23-21(2-1-9-24-23)27-12-14-29-15-13-27/h1-6,9,17,20H,7-8,10-16H2,(H,25,28)/t20-/m0/s1. The van der Waals surface area contributed by atoms with Gasteiger partial charge in [-0.2, -0.15) is 0 Å². The van der Waals surface area contributed by atoms with Crippen LogP contribution in [0.2, 0.25) is 0 Å². The Balaban J connectivity index is 1.24. The Hall–Kier alpha value is -2.09. The number of ether oxygens (including phenoxy) is 1. The minimum Gasteiger partial charge on any atom is -0.378 e. The molecule has 0 unspecified atom stereocenters. The first-order valence-corrected chi connectivity index (χ1v) is 11.7. The molecule has 4 fully saturated rings. The van der Waals surface area contributed by atoms with E-state index in [0.29, 0.717) is 12.0 Å². The van der Waals surface area contributed by atoms with Crippen LogP contribution < -0.4 is 10.2 Å². The van der Waals surface area contributed by atoms with E-state index in [1.807, 2.05) is 36.5 Å². The highest BCUT2D eigenvalue weighted by molar-refractivity contribution is 7.99. The zero-order valence-corrected chi connectivity index (χ0v) is 17.9. The first-order chi connectivity index (χ1) is 14.8. The number of aromatic nitrogens is 1. The van der Waals surface area contributed by atoms with Gasteiger partial charge in [0.2, 0.25) is 0 Å². The number of piperidine rings is 3. The molecule has 2 aromatic rings. The molecule has 0 spiro atoms. The van der Waals surface area contributed by atoms with Gasteiger partial charge in [-0.1, -0.05) is 11.8 Å². The van der Waals surface area contributed by atoms with Gasteiger partial charge in [-0.15, -0.1) is 0 Å². The van der Waals surface area contributed by atoms with Crippen molar-refractivity contribution in [2.45, 2.75) is 28.8 Å². The maximum atomic E-state index is 12.8. The van der Waals surface area contributed by atoms with E-state index in [0.717, 1.165) is 54.0 Å². The minimum absolute atomic E-state index is 0.0390. The van der Waals surface area contributed by atoms with E-state index in [-0.39, 0.29) is 5.91 Å². The van der Waals surface area contributed by atoms with E-state index in [4.69, 9.17) is 4.74 Å². The van der Waals surface area contributed by atoms with Gasteiger partial charge in [-0.3, -0.25) is 4.79 Å². The average molecular weight is 425 g/mol. The van der Waals surface area contributed by atoms with E-state index < -0.39 is 0 Å². The number of nitrogens with zero attached hydrogens (tertiary/aromatic N) is 3.